The van der Waals surface area contributed by atoms with Crippen LogP contribution in [0.2, 0.25) is 0 Å². The SMILES string of the molecule is Cc1ccc(OCC(O)Cn2cnc(C)c2C)c(C)c1. The number of aliphatic hydroxyl groups excluding tert-OH is 1. The van der Waals surface area contributed by atoms with Crippen molar-refractivity contribution in [3.63, 3.8) is 0 Å². The van der Waals surface area contributed by atoms with Crippen molar-refractivity contribution in [2.45, 2.75) is 40.3 Å². The number of aliphatic hydroxyl groups is 1. The van der Waals surface area contributed by atoms with Crippen molar-refractivity contribution in [3.8, 4) is 5.75 Å². The van der Waals surface area contributed by atoms with E-state index >= 15 is 0 Å². The molecule has 108 valence electrons. The Balaban J connectivity index is 1.92. The highest BCUT2D eigenvalue weighted by Gasteiger charge is 2.10. The van der Waals surface area contributed by atoms with Gasteiger partial charge in [0.25, 0.3) is 0 Å². The van der Waals surface area contributed by atoms with Gasteiger partial charge in [-0.3, -0.25) is 0 Å². The molecule has 20 heavy (non-hydrogen) atoms. The Kier molecular flexibility index (Phi) is 4.45. The van der Waals surface area contributed by atoms with Crippen LogP contribution in [-0.4, -0.2) is 27.4 Å². The Morgan fingerprint density at radius 2 is 2.00 bits per heavy atom. The summed E-state index contributed by atoms with van der Waals surface area (Å²) in [7, 11) is 0. The maximum atomic E-state index is 10.1. The fourth-order valence-corrected chi connectivity index (χ4v) is 2.16. The standard InChI is InChI=1S/C16H22N2O2/c1-11-5-6-16(12(2)7-11)20-9-15(19)8-18-10-17-13(3)14(18)4/h5-7,10,15,19H,8-9H2,1-4H3. The molecule has 1 unspecified atom stereocenters. The number of benzene rings is 1. The highest BCUT2D eigenvalue weighted by molar-refractivity contribution is 5.35. The minimum absolute atomic E-state index is 0.278. The van der Waals surface area contributed by atoms with Gasteiger partial charge in [0.2, 0.25) is 0 Å². The molecule has 0 radical (unpaired) electrons. The molecule has 1 atom stereocenters. The summed E-state index contributed by atoms with van der Waals surface area (Å²) < 4.78 is 7.64. The fourth-order valence-electron chi connectivity index (χ4n) is 2.16. The molecule has 1 N–H and O–H groups in total. The number of imidazole rings is 1. The van der Waals surface area contributed by atoms with E-state index in [1.54, 1.807) is 6.33 Å². The van der Waals surface area contributed by atoms with Crippen LogP contribution in [0.25, 0.3) is 0 Å². The Hall–Kier alpha value is -1.81. The summed E-state index contributed by atoms with van der Waals surface area (Å²) in [6.45, 7) is 8.80. The first-order valence-electron chi connectivity index (χ1n) is 6.84. The molecule has 0 spiro atoms. The lowest BCUT2D eigenvalue weighted by molar-refractivity contribution is 0.0916. The molecule has 4 heteroatoms. The van der Waals surface area contributed by atoms with Crippen LogP contribution in [0.3, 0.4) is 0 Å². The number of nitrogens with zero attached hydrogens (tertiary/aromatic N) is 2. The quantitative estimate of drug-likeness (QED) is 0.911. The Labute approximate surface area is 120 Å². The molecule has 0 aliphatic heterocycles. The van der Waals surface area contributed by atoms with Gasteiger partial charge >= 0.3 is 0 Å². The minimum Gasteiger partial charge on any atom is -0.491 e. The van der Waals surface area contributed by atoms with E-state index in [-0.39, 0.29) is 6.61 Å². The second kappa shape index (κ2) is 6.09. The molecule has 0 amide bonds. The van der Waals surface area contributed by atoms with E-state index in [9.17, 15) is 5.11 Å². The van der Waals surface area contributed by atoms with Crippen LogP contribution in [0.5, 0.6) is 5.75 Å². The van der Waals surface area contributed by atoms with Gasteiger partial charge in [-0.15, -0.1) is 0 Å². The van der Waals surface area contributed by atoms with Gasteiger partial charge in [-0.2, -0.15) is 0 Å². The van der Waals surface area contributed by atoms with Crippen molar-refractivity contribution in [3.05, 3.63) is 47.0 Å². The first-order chi connectivity index (χ1) is 9.47. The third-order valence-electron chi connectivity index (χ3n) is 3.51. The van der Waals surface area contributed by atoms with Gasteiger partial charge in [0.15, 0.2) is 0 Å². The van der Waals surface area contributed by atoms with Crippen LogP contribution >= 0.6 is 0 Å². The van der Waals surface area contributed by atoms with Crippen LogP contribution in [-0.2, 0) is 6.54 Å². The van der Waals surface area contributed by atoms with Crippen LogP contribution in [0.1, 0.15) is 22.5 Å². The topological polar surface area (TPSA) is 47.3 Å². The predicted octanol–water partition coefficient (Wildman–Crippen LogP) is 2.56. The van der Waals surface area contributed by atoms with E-state index in [0.717, 1.165) is 22.7 Å². The summed E-state index contributed by atoms with van der Waals surface area (Å²) in [5.41, 5.74) is 4.37. The van der Waals surface area contributed by atoms with Crippen LogP contribution in [0, 0.1) is 27.7 Å². The Morgan fingerprint density at radius 3 is 2.60 bits per heavy atom. The molecule has 1 heterocycles. The number of ether oxygens (including phenoxy) is 1. The van der Waals surface area contributed by atoms with Crippen molar-refractivity contribution in [2.75, 3.05) is 6.61 Å². The monoisotopic (exact) mass is 274 g/mol. The Bertz CT molecular complexity index is 590. The number of rotatable bonds is 5. The lowest BCUT2D eigenvalue weighted by Crippen LogP contribution is -2.24. The molecule has 1 aromatic carbocycles. The summed E-state index contributed by atoms with van der Waals surface area (Å²) in [6, 6.07) is 6.03. The molecule has 2 rings (SSSR count). The summed E-state index contributed by atoms with van der Waals surface area (Å²) in [4.78, 5) is 4.22. The van der Waals surface area contributed by atoms with Crippen molar-refractivity contribution in [1.82, 2.24) is 9.55 Å². The van der Waals surface area contributed by atoms with E-state index < -0.39 is 6.10 Å². The zero-order valence-corrected chi connectivity index (χ0v) is 12.6. The Morgan fingerprint density at radius 1 is 1.25 bits per heavy atom. The average molecular weight is 274 g/mol. The van der Waals surface area contributed by atoms with Crippen molar-refractivity contribution >= 4 is 0 Å². The van der Waals surface area contributed by atoms with Crippen LogP contribution in [0.4, 0.5) is 0 Å². The van der Waals surface area contributed by atoms with Gasteiger partial charge in [-0.05, 0) is 39.3 Å². The van der Waals surface area contributed by atoms with Gasteiger partial charge in [0, 0.05) is 5.69 Å². The fraction of sp³-hybridized carbons (Fsp3) is 0.438. The third-order valence-corrected chi connectivity index (χ3v) is 3.51. The normalized spacial score (nSPS) is 12.4. The smallest absolute Gasteiger partial charge is 0.122 e. The van der Waals surface area contributed by atoms with Crippen molar-refractivity contribution in [1.29, 1.82) is 0 Å². The van der Waals surface area contributed by atoms with E-state index in [4.69, 9.17) is 4.74 Å². The molecule has 1 aromatic heterocycles. The lowest BCUT2D eigenvalue weighted by atomic mass is 10.1. The van der Waals surface area contributed by atoms with E-state index in [1.807, 2.05) is 37.5 Å². The number of hydrogen-bond acceptors (Lipinski definition) is 3. The largest absolute Gasteiger partial charge is 0.491 e. The molecule has 0 aliphatic rings. The highest BCUT2D eigenvalue weighted by atomic mass is 16.5. The van der Waals surface area contributed by atoms with Gasteiger partial charge < -0.3 is 14.4 Å². The van der Waals surface area contributed by atoms with Gasteiger partial charge in [0.1, 0.15) is 18.5 Å². The maximum Gasteiger partial charge on any atom is 0.122 e. The van der Waals surface area contributed by atoms with Crippen molar-refractivity contribution in [2.24, 2.45) is 0 Å². The van der Waals surface area contributed by atoms with Crippen LogP contribution in [0.15, 0.2) is 24.5 Å². The van der Waals surface area contributed by atoms with E-state index in [1.165, 1.54) is 5.56 Å². The second-order valence-electron chi connectivity index (χ2n) is 5.30. The van der Waals surface area contributed by atoms with Gasteiger partial charge in [-0.1, -0.05) is 17.7 Å². The maximum absolute atomic E-state index is 10.1. The zero-order valence-electron chi connectivity index (χ0n) is 12.6. The first kappa shape index (κ1) is 14.6. The molecule has 0 aliphatic carbocycles. The molecule has 0 saturated heterocycles. The number of hydrogen-bond donors (Lipinski definition) is 1. The number of aryl methyl sites for hydroxylation is 3. The molecular formula is C16H22N2O2. The molecule has 0 saturated carbocycles. The summed E-state index contributed by atoms with van der Waals surface area (Å²) in [5, 5.41) is 10.1. The second-order valence-corrected chi connectivity index (χ2v) is 5.30. The molecule has 2 aromatic rings. The summed E-state index contributed by atoms with van der Waals surface area (Å²) in [6.07, 6.45) is 1.20. The average Bonchev–Trinajstić information content (AvgIpc) is 2.70. The van der Waals surface area contributed by atoms with Crippen molar-refractivity contribution < 1.29 is 9.84 Å². The highest BCUT2D eigenvalue weighted by Crippen LogP contribution is 2.19. The van der Waals surface area contributed by atoms with E-state index in [2.05, 4.69) is 18.0 Å². The third kappa shape index (κ3) is 3.39. The first-order valence-corrected chi connectivity index (χ1v) is 6.84. The molecule has 4 nitrogen and oxygen atoms in total. The predicted molar refractivity (Wildman–Crippen MR) is 79.1 cm³/mol. The summed E-state index contributed by atoms with van der Waals surface area (Å²) >= 11 is 0. The molecule has 0 fully saturated rings. The van der Waals surface area contributed by atoms with Gasteiger partial charge in [-0.25, -0.2) is 4.98 Å². The zero-order chi connectivity index (χ0) is 14.7. The van der Waals surface area contributed by atoms with E-state index in [0.29, 0.717) is 6.54 Å². The molecular weight excluding hydrogens is 252 g/mol. The summed E-state index contributed by atoms with van der Waals surface area (Å²) in [5.74, 6) is 0.827. The lowest BCUT2D eigenvalue weighted by Gasteiger charge is -2.15. The minimum atomic E-state index is -0.553. The molecule has 0 bridgehead atoms. The van der Waals surface area contributed by atoms with Gasteiger partial charge in [0.05, 0.1) is 18.6 Å². The number of aromatic nitrogens is 2. The van der Waals surface area contributed by atoms with Crippen LogP contribution < -0.4 is 4.74 Å².